The zero-order valence-electron chi connectivity index (χ0n) is 21.1. The minimum Gasteiger partial charge on any atom is -0.481 e. The number of ether oxygens (including phenoxy) is 1. The maximum Gasteiger partial charge on any atom is 0.310 e. The summed E-state index contributed by atoms with van der Waals surface area (Å²) in [5.74, 6) is -4.04. The van der Waals surface area contributed by atoms with Gasteiger partial charge in [-0.15, -0.1) is 11.7 Å². The van der Waals surface area contributed by atoms with Gasteiger partial charge in [0.05, 0.1) is 36.1 Å². The molecule has 1 spiro atoms. The van der Waals surface area contributed by atoms with Crippen molar-refractivity contribution in [3.63, 3.8) is 0 Å². The lowest BCUT2D eigenvalue weighted by atomic mass is 9.70. The monoisotopic (exact) mass is 511 g/mol. The Morgan fingerprint density at radius 1 is 1.38 bits per heavy atom. The van der Waals surface area contributed by atoms with Gasteiger partial charge >= 0.3 is 5.97 Å². The molecule has 1 aromatic carbocycles. The molecular weight excluding hydrogens is 478 g/mol. The van der Waals surface area contributed by atoms with E-state index in [0.29, 0.717) is 24.8 Å². The van der Waals surface area contributed by atoms with Crippen LogP contribution in [0.15, 0.2) is 36.9 Å². The van der Waals surface area contributed by atoms with Crippen LogP contribution in [0, 0.1) is 17.8 Å². The number of aromatic nitrogens is 3. The summed E-state index contributed by atoms with van der Waals surface area (Å²) in [7, 11) is 0. The van der Waals surface area contributed by atoms with E-state index in [0.717, 1.165) is 5.52 Å². The molecule has 0 unspecified atom stereocenters. The van der Waals surface area contributed by atoms with Crippen molar-refractivity contribution in [3.8, 4) is 0 Å². The molecule has 4 heterocycles. The molecule has 2 N–H and O–H groups in total. The number of aliphatic hydroxyl groups excluding tert-OH is 1. The number of para-hydroxylation sites is 1. The number of aliphatic carboxylic acids is 1. The lowest BCUT2D eigenvalue weighted by Gasteiger charge is -2.40. The predicted octanol–water partition coefficient (Wildman–Crippen LogP) is 1.27. The lowest BCUT2D eigenvalue weighted by molar-refractivity contribution is -0.155. The van der Waals surface area contributed by atoms with Crippen LogP contribution in [0.3, 0.4) is 0 Å². The number of carboxylic acids is 1. The fourth-order valence-electron chi connectivity index (χ4n) is 6.55. The first kappa shape index (κ1) is 25.3. The van der Waals surface area contributed by atoms with E-state index in [1.165, 1.54) is 9.80 Å². The fraction of sp³-hybridized carbons (Fsp3) is 0.577. The van der Waals surface area contributed by atoms with Gasteiger partial charge in [-0.2, -0.15) is 0 Å². The first-order valence-electron chi connectivity index (χ1n) is 12.8. The number of fused-ring (bicyclic) bond motifs is 2. The zero-order valence-corrected chi connectivity index (χ0v) is 21.1. The number of benzene rings is 1. The Balaban J connectivity index is 1.57. The molecule has 3 fully saturated rings. The summed E-state index contributed by atoms with van der Waals surface area (Å²) in [5, 5.41) is 28.7. The molecule has 2 aromatic rings. The summed E-state index contributed by atoms with van der Waals surface area (Å²) in [5.41, 5.74) is 0.174. The summed E-state index contributed by atoms with van der Waals surface area (Å²) in [6.07, 6.45) is 2.50. The highest BCUT2D eigenvalue weighted by Gasteiger charge is 2.75. The van der Waals surface area contributed by atoms with E-state index < -0.39 is 47.5 Å². The Kier molecular flexibility index (Phi) is 6.53. The number of nitrogens with zero attached hydrogens (tertiary/aromatic N) is 5. The number of likely N-dealkylation sites (tertiary alicyclic amines) is 1. The van der Waals surface area contributed by atoms with Crippen LogP contribution in [0.4, 0.5) is 0 Å². The topological polar surface area (TPSA) is 138 Å². The van der Waals surface area contributed by atoms with Crippen LogP contribution in [0.1, 0.15) is 33.1 Å². The van der Waals surface area contributed by atoms with Crippen molar-refractivity contribution in [1.29, 1.82) is 0 Å². The SMILES string of the molecule is C=CCN(Cn1nnc2ccccc21)C(=O)[C@H]1N([C@@H](CO)[C@@H](C)CC)C(=O)[C@@H]2[C@@H](C(=O)O)[C@H]3CC[C@]21O3. The lowest BCUT2D eigenvalue weighted by Crippen LogP contribution is -2.60. The summed E-state index contributed by atoms with van der Waals surface area (Å²) in [6, 6.07) is 5.68. The van der Waals surface area contributed by atoms with Crippen LogP contribution in [-0.4, -0.2) is 89.7 Å². The Hall–Kier alpha value is -3.31. The van der Waals surface area contributed by atoms with Crippen LogP contribution < -0.4 is 0 Å². The quantitative estimate of drug-likeness (QED) is 0.455. The summed E-state index contributed by atoms with van der Waals surface area (Å²) >= 11 is 0. The van der Waals surface area contributed by atoms with Gasteiger partial charge in [0.15, 0.2) is 0 Å². The highest BCUT2D eigenvalue weighted by atomic mass is 16.5. The Bertz CT molecular complexity index is 1230. The van der Waals surface area contributed by atoms with Gasteiger partial charge in [-0.3, -0.25) is 14.4 Å². The molecule has 198 valence electrons. The molecule has 0 saturated carbocycles. The maximum absolute atomic E-state index is 14.4. The highest BCUT2D eigenvalue weighted by molar-refractivity contribution is 5.98. The van der Waals surface area contributed by atoms with Crippen molar-refractivity contribution >= 4 is 28.8 Å². The smallest absolute Gasteiger partial charge is 0.310 e. The number of carbonyl (C=O) groups is 3. The van der Waals surface area contributed by atoms with E-state index >= 15 is 0 Å². The molecule has 3 aliphatic rings. The van der Waals surface area contributed by atoms with Crippen molar-refractivity contribution in [2.75, 3.05) is 13.2 Å². The minimum absolute atomic E-state index is 0.0591. The molecule has 7 atom stereocenters. The molecule has 3 aliphatic heterocycles. The van der Waals surface area contributed by atoms with Crippen molar-refractivity contribution in [1.82, 2.24) is 24.8 Å². The summed E-state index contributed by atoms with van der Waals surface area (Å²) < 4.78 is 7.91. The van der Waals surface area contributed by atoms with Gasteiger partial charge in [0.1, 0.15) is 23.8 Å². The van der Waals surface area contributed by atoms with Gasteiger partial charge in [0.2, 0.25) is 11.8 Å². The van der Waals surface area contributed by atoms with Crippen LogP contribution >= 0.6 is 0 Å². The normalized spacial score (nSPS) is 29.9. The van der Waals surface area contributed by atoms with Crippen molar-refractivity contribution in [2.45, 2.75) is 63.6 Å². The van der Waals surface area contributed by atoms with Crippen LogP contribution in [0.25, 0.3) is 11.0 Å². The van der Waals surface area contributed by atoms with Crippen LogP contribution in [0.5, 0.6) is 0 Å². The molecule has 11 nitrogen and oxygen atoms in total. The first-order chi connectivity index (χ1) is 17.8. The molecule has 3 saturated heterocycles. The number of aliphatic hydroxyl groups is 1. The van der Waals surface area contributed by atoms with E-state index in [4.69, 9.17) is 4.74 Å². The van der Waals surface area contributed by atoms with E-state index in [1.807, 2.05) is 38.1 Å². The molecular formula is C26H33N5O6. The number of carboxylic acid groups (broad SMARTS) is 1. The number of hydrogen-bond acceptors (Lipinski definition) is 7. The van der Waals surface area contributed by atoms with Crippen molar-refractivity contribution in [3.05, 3.63) is 36.9 Å². The minimum atomic E-state index is -1.26. The van der Waals surface area contributed by atoms with Crippen LogP contribution in [0.2, 0.25) is 0 Å². The van der Waals surface area contributed by atoms with Gasteiger partial charge in [-0.25, -0.2) is 4.68 Å². The molecule has 37 heavy (non-hydrogen) atoms. The summed E-state index contributed by atoms with van der Waals surface area (Å²) in [4.78, 5) is 43.6. The second-order valence-corrected chi connectivity index (χ2v) is 10.3. The largest absolute Gasteiger partial charge is 0.481 e. The van der Waals surface area contributed by atoms with Gasteiger partial charge in [0, 0.05) is 6.54 Å². The first-order valence-corrected chi connectivity index (χ1v) is 12.8. The fourth-order valence-corrected chi connectivity index (χ4v) is 6.55. The molecule has 0 radical (unpaired) electrons. The molecule has 1 aromatic heterocycles. The van der Waals surface area contributed by atoms with E-state index in [2.05, 4.69) is 16.9 Å². The molecule has 11 heteroatoms. The Labute approximate surface area is 214 Å². The third-order valence-corrected chi connectivity index (χ3v) is 8.49. The van der Waals surface area contributed by atoms with E-state index in [1.54, 1.807) is 10.8 Å². The van der Waals surface area contributed by atoms with Gasteiger partial charge in [-0.1, -0.05) is 43.7 Å². The van der Waals surface area contributed by atoms with Crippen molar-refractivity contribution in [2.24, 2.45) is 17.8 Å². The molecule has 0 aliphatic carbocycles. The third-order valence-electron chi connectivity index (χ3n) is 8.49. The highest BCUT2D eigenvalue weighted by Crippen LogP contribution is 2.59. The third kappa shape index (κ3) is 3.74. The average Bonchev–Trinajstić information content (AvgIpc) is 3.64. The molecule has 2 bridgehead atoms. The van der Waals surface area contributed by atoms with Gasteiger partial charge in [-0.05, 0) is 30.9 Å². The van der Waals surface area contributed by atoms with Crippen LogP contribution in [-0.2, 0) is 25.8 Å². The summed E-state index contributed by atoms with van der Waals surface area (Å²) in [6.45, 7) is 7.56. The predicted molar refractivity (Wildman–Crippen MR) is 132 cm³/mol. The number of amides is 2. The molecule has 5 rings (SSSR count). The number of hydrogen-bond donors (Lipinski definition) is 2. The van der Waals surface area contributed by atoms with Gasteiger partial charge in [0.25, 0.3) is 0 Å². The number of rotatable bonds is 10. The van der Waals surface area contributed by atoms with Gasteiger partial charge < -0.3 is 24.7 Å². The maximum atomic E-state index is 14.4. The number of carbonyl (C=O) groups excluding carboxylic acids is 2. The standard InChI is InChI=1S/C26H33N5O6/c1-4-12-29(14-30-17-9-7-6-8-16(17)27-28-30)24(34)22-26-11-10-19(37-26)20(25(35)36)21(26)23(33)31(22)18(13-32)15(3)5-2/h4,6-9,15,18-22,32H,1,5,10-14H2,2-3H3,(H,35,36)/t15-,18-,19+,20-,21-,22+,26-/m0/s1. The van der Waals surface area contributed by atoms with E-state index in [9.17, 15) is 24.6 Å². The second kappa shape index (κ2) is 9.53. The average molecular weight is 512 g/mol. The Morgan fingerprint density at radius 3 is 2.81 bits per heavy atom. The van der Waals surface area contributed by atoms with Crippen molar-refractivity contribution < 1.29 is 29.3 Å². The molecule has 2 amide bonds. The second-order valence-electron chi connectivity index (χ2n) is 10.3. The zero-order chi connectivity index (χ0) is 26.5. The Morgan fingerprint density at radius 2 is 2.14 bits per heavy atom. The van der Waals surface area contributed by atoms with E-state index in [-0.39, 0.29) is 31.6 Å².